The fourth-order valence-corrected chi connectivity index (χ4v) is 2.73. The number of methoxy groups -OCH3 is 1. The maximum absolute atomic E-state index is 6.08. The zero-order chi connectivity index (χ0) is 15.8. The first-order valence-corrected chi connectivity index (χ1v) is 8.16. The first-order chi connectivity index (χ1) is 10.7. The van der Waals surface area contributed by atoms with Crippen molar-refractivity contribution in [2.75, 3.05) is 51.8 Å². The number of hydrogen-bond donors (Lipinski definition) is 2. The average molecular weight is 344 g/mol. The highest BCUT2D eigenvalue weighted by atomic mass is 35.5. The van der Waals surface area contributed by atoms with Crippen molar-refractivity contribution in [3.8, 4) is 5.75 Å². The van der Waals surface area contributed by atoms with E-state index >= 15 is 0 Å². The molecule has 1 aliphatic rings. The third-order valence-electron chi connectivity index (χ3n) is 3.45. The number of anilines is 1. The Labute approximate surface area is 141 Å². The number of benzene rings is 1. The Morgan fingerprint density at radius 3 is 2.86 bits per heavy atom. The molecule has 0 unspecified atom stereocenters. The van der Waals surface area contributed by atoms with Crippen LogP contribution in [-0.4, -0.2) is 56.5 Å². The molecule has 2 rings (SSSR count). The van der Waals surface area contributed by atoms with Gasteiger partial charge in [-0.05, 0) is 43.4 Å². The summed E-state index contributed by atoms with van der Waals surface area (Å²) in [7, 11) is 1.59. The average Bonchev–Trinajstić information content (AvgIpc) is 2.53. The standard InChI is InChI=1S/C15H22ClN3O2S/c1-20-14-4-3-12(11-13(14)16)18-15(22)17-5-2-6-19-7-9-21-10-8-19/h3-4,11H,2,5-10H2,1H3,(H2,17,18,22). The quantitative estimate of drug-likeness (QED) is 0.611. The topological polar surface area (TPSA) is 45.8 Å². The molecule has 7 heteroatoms. The van der Waals surface area contributed by atoms with Crippen molar-refractivity contribution >= 4 is 34.6 Å². The highest BCUT2D eigenvalue weighted by Crippen LogP contribution is 2.27. The third kappa shape index (κ3) is 5.61. The summed E-state index contributed by atoms with van der Waals surface area (Å²) >= 11 is 11.4. The molecule has 1 aliphatic heterocycles. The van der Waals surface area contributed by atoms with Crippen molar-refractivity contribution in [1.82, 2.24) is 10.2 Å². The van der Waals surface area contributed by atoms with E-state index in [1.807, 2.05) is 12.1 Å². The Bertz CT molecular complexity index is 496. The van der Waals surface area contributed by atoms with Crippen LogP contribution >= 0.6 is 23.8 Å². The minimum absolute atomic E-state index is 0.558. The smallest absolute Gasteiger partial charge is 0.170 e. The number of ether oxygens (including phenoxy) is 2. The molecule has 1 aromatic rings. The Hall–Kier alpha value is -1.08. The van der Waals surface area contributed by atoms with Crippen molar-refractivity contribution in [3.63, 3.8) is 0 Å². The van der Waals surface area contributed by atoms with Gasteiger partial charge in [0, 0.05) is 25.3 Å². The van der Waals surface area contributed by atoms with Gasteiger partial charge >= 0.3 is 0 Å². The Morgan fingerprint density at radius 2 is 2.18 bits per heavy atom. The number of halogens is 1. The van der Waals surface area contributed by atoms with Gasteiger partial charge in [0.2, 0.25) is 0 Å². The van der Waals surface area contributed by atoms with E-state index in [1.54, 1.807) is 13.2 Å². The van der Waals surface area contributed by atoms with Gasteiger partial charge in [-0.25, -0.2) is 0 Å². The van der Waals surface area contributed by atoms with Gasteiger partial charge in [-0.1, -0.05) is 11.6 Å². The lowest BCUT2D eigenvalue weighted by Gasteiger charge is -2.26. The van der Waals surface area contributed by atoms with Gasteiger partial charge in [0.05, 0.1) is 25.3 Å². The summed E-state index contributed by atoms with van der Waals surface area (Å²) in [5.41, 5.74) is 0.844. The van der Waals surface area contributed by atoms with Crippen molar-refractivity contribution in [1.29, 1.82) is 0 Å². The van der Waals surface area contributed by atoms with Crippen LogP contribution in [0.25, 0.3) is 0 Å². The molecule has 0 aromatic heterocycles. The molecule has 0 bridgehead atoms. The normalized spacial score (nSPS) is 15.4. The molecule has 1 saturated heterocycles. The van der Waals surface area contributed by atoms with E-state index < -0.39 is 0 Å². The molecule has 1 heterocycles. The lowest BCUT2D eigenvalue weighted by molar-refractivity contribution is 0.0376. The largest absolute Gasteiger partial charge is 0.495 e. The minimum atomic E-state index is 0.558. The SMILES string of the molecule is COc1ccc(NC(=S)NCCCN2CCOCC2)cc1Cl. The first-order valence-electron chi connectivity index (χ1n) is 7.37. The lowest BCUT2D eigenvalue weighted by Crippen LogP contribution is -2.38. The van der Waals surface area contributed by atoms with Gasteiger partial charge in [0.15, 0.2) is 5.11 Å². The molecule has 122 valence electrons. The minimum Gasteiger partial charge on any atom is -0.495 e. The second-order valence-corrected chi connectivity index (χ2v) is 5.85. The monoisotopic (exact) mass is 343 g/mol. The molecule has 0 amide bonds. The highest BCUT2D eigenvalue weighted by molar-refractivity contribution is 7.80. The van der Waals surface area contributed by atoms with Crippen LogP contribution in [0.4, 0.5) is 5.69 Å². The predicted octanol–water partition coefficient (Wildman–Crippen LogP) is 2.36. The van der Waals surface area contributed by atoms with E-state index in [9.17, 15) is 0 Å². The Balaban J connectivity index is 1.66. The van der Waals surface area contributed by atoms with Crippen LogP contribution in [0, 0.1) is 0 Å². The number of nitrogens with one attached hydrogen (secondary N) is 2. The molecule has 0 saturated carbocycles. The van der Waals surface area contributed by atoms with Crippen LogP contribution in [0.3, 0.4) is 0 Å². The summed E-state index contributed by atoms with van der Waals surface area (Å²) in [6.07, 6.45) is 1.05. The van der Waals surface area contributed by atoms with Gasteiger partial charge in [0.1, 0.15) is 5.75 Å². The molecule has 0 spiro atoms. The van der Waals surface area contributed by atoms with Crippen molar-refractivity contribution in [2.24, 2.45) is 0 Å². The second-order valence-electron chi connectivity index (χ2n) is 5.04. The van der Waals surface area contributed by atoms with Gasteiger partial charge in [-0.3, -0.25) is 4.90 Å². The van der Waals surface area contributed by atoms with Crippen LogP contribution in [0.15, 0.2) is 18.2 Å². The summed E-state index contributed by atoms with van der Waals surface area (Å²) in [5.74, 6) is 0.650. The van der Waals surface area contributed by atoms with E-state index in [0.717, 1.165) is 51.5 Å². The summed E-state index contributed by atoms with van der Waals surface area (Å²) in [4.78, 5) is 2.41. The molecule has 1 fully saturated rings. The van der Waals surface area contributed by atoms with Crippen molar-refractivity contribution in [2.45, 2.75) is 6.42 Å². The summed E-state index contributed by atoms with van der Waals surface area (Å²) in [6, 6.07) is 5.49. The number of thiocarbonyl (C=S) groups is 1. The van der Waals surface area contributed by atoms with Crippen molar-refractivity contribution in [3.05, 3.63) is 23.2 Å². The Kier molecular flexibility index (Phi) is 7.18. The fourth-order valence-electron chi connectivity index (χ4n) is 2.25. The van der Waals surface area contributed by atoms with Crippen LogP contribution < -0.4 is 15.4 Å². The van der Waals surface area contributed by atoms with E-state index in [4.69, 9.17) is 33.3 Å². The summed E-state index contributed by atoms with van der Waals surface area (Å²) in [6.45, 7) is 5.62. The van der Waals surface area contributed by atoms with Crippen LogP contribution in [-0.2, 0) is 4.74 Å². The summed E-state index contributed by atoms with van der Waals surface area (Å²) < 4.78 is 10.4. The van der Waals surface area contributed by atoms with Crippen molar-refractivity contribution < 1.29 is 9.47 Å². The number of rotatable bonds is 6. The number of nitrogens with zero attached hydrogens (tertiary/aromatic N) is 1. The molecular formula is C15H22ClN3O2S. The lowest BCUT2D eigenvalue weighted by atomic mass is 10.3. The van der Waals surface area contributed by atoms with Gasteiger partial charge < -0.3 is 20.1 Å². The second kappa shape index (κ2) is 9.15. The zero-order valence-electron chi connectivity index (χ0n) is 12.7. The van der Waals surface area contributed by atoms with E-state index in [0.29, 0.717) is 15.9 Å². The van der Waals surface area contributed by atoms with Crippen LogP contribution in [0.2, 0.25) is 5.02 Å². The molecule has 0 atom stereocenters. The van der Waals surface area contributed by atoms with Gasteiger partial charge in [-0.2, -0.15) is 0 Å². The molecule has 1 aromatic carbocycles. The summed E-state index contributed by atoms with van der Waals surface area (Å²) in [5, 5.41) is 7.48. The van der Waals surface area contributed by atoms with Gasteiger partial charge in [-0.15, -0.1) is 0 Å². The molecule has 2 N–H and O–H groups in total. The fraction of sp³-hybridized carbons (Fsp3) is 0.533. The van der Waals surface area contributed by atoms with E-state index in [1.165, 1.54) is 0 Å². The number of hydrogen-bond acceptors (Lipinski definition) is 4. The number of morpholine rings is 1. The zero-order valence-corrected chi connectivity index (χ0v) is 14.3. The highest BCUT2D eigenvalue weighted by Gasteiger charge is 2.09. The predicted molar refractivity (Wildman–Crippen MR) is 94.1 cm³/mol. The van der Waals surface area contributed by atoms with E-state index in [-0.39, 0.29) is 0 Å². The third-order valence-corrected chi connectivity index (χ3v) is 3.99. The van der Waals surface area contributed by atoms with Gasteiger partial charge in [0.25, 0.3) is 0 Å². The first kappa shape index (κ1) is 17.3. The van der Waals surface area contributed by atoms with Crippen LogP contribution in [0.1, 0.15) is 6.42 Å². The molecule has 0 radical (unpaired) electrons. The molecule has 0 aliphatic carbocycles. The molecular weight excluding hydrogens is 322 g/mol. The van der Waals surface area contributed by atoms with Crippen LogP contribution in [0.5, 0.6) is 5.75 Å². The molecule has 5 nitrogen and oxygen atoms in total. The maximum Gasteiger partial charge on any atom is 0.170 e. The maximum atomic E-state index is 6.08. The molecule has 22 heavy (non-hydrogen) atoms. The Morgan fingerprint density at radius 1 is 1.41 bits per heavy atom. The van der Waals surface area contributed by atoms with E-state index in [2.05, 4.69) is 15.5 Å².